The number of hydrogen-bond donors (Lipinski definition) is 1. The van der Waals surface area contributed by atoms with E-state index in [0.717, 1.165) is 28.8 Å². The highest BCUT2D eigenvalue weighted by Gasteiger charge is 2.21. The molecule has 0 spiro atoms. The summed E-state index contributed by atoms with van der Waals surface area (Å²) in [6.07, 6.45) is 0.778. The topological polar surface area (TPSA) is 47.3 Å². The van der Waals surface area contributed by atoms with Crippen LogP contribution in [0.3, 0.4) is 0 Å². The molecule has 0 saturated carbocycles. The summed E-state index contributed by atoms with van der Waals surface area (Å²) in [6.45, 7) is 9.40. The standard InChI is InChI=1S/C13H23BrN2O2/c1-5-10-13(14)11(16(6-2)15-10)8-12(17)9(4)18-7-3/h9,12,17H,5-8H2,1-4H3. The summed E-state index contributed by atoms with van der Waals surface area (Å²) in [5.74, 6) is 0. The van der Waals surface area contributed by atoms with Crippen molar-refractivity contribution >= 4 is 15.9 Å². The van der Waals surface area contributed by atoms with Gasteiger partial charge in [0.05, 0.1) is 28.1 Å². The van der Waals surface area contributed by atoms with Crippen LogP contribution in [0.2, 0.25) is 0 Å². The lowest BCUT2D eigenvalue weighted by Gasteiger charge is -2.19. The molecule has 0 bridgehead atoms. The van der Waals surface area contributed by atoms with Crippen molar-refractivity contribution in [1.29, 1.82) is 0 Å². The molecule has 2 atom stereocenters. The highest BCUT2D eigenvalue weighted by Crippen LogP contribution is 2.24. The molecule has 1 aromatic heterocycles. The monoisotopic (exact) mass is 318 g/mol. The second-order valence-electron chi connectivity index (χ2n) is 4.31. The van der Waals surface area contributed by atoms with Gasteiger partial charge in [0.25, 0.3) is 0 Å². The van der Waals surface area contributed by atoms with Gasteiger partial charge in [-0.25, -0.2) is 0 Å². The summed E-state index contributed by atoms with van der Waals surface area (Å²) >= 11 is 3.58. The molecule has 0 aliphatic rings. The third-order valence-corrected chi connectivity index (χ3v) is 3.98. The average molecular weight is 319 g/mol. The van der Waals surface area contributed by atoms with Crippen LogP contribution < -0.4 is 0 Å². The molecule has 2 unspecified atom stereocenters. The Hall–Kier alpha value is -0.390. The summed E-state index contributed by atoms with van der Waals surface area (Å²) in [6, 6.07) is 0. The maximum Gasteiger partial charge on any atom is 0.0854 e. The van der Waals surface area contributed by atoms with Crippen molar-refractivity contribution in [3.05, 3.63) is 15.9 Å². The molecule has 1 aromatic rings. The Labute approximate surface area is 117 Å². The molecule has 104 valence electrons. The number of aliphatic hydroxyl groups is 1. The lowest BCUT2D eigenvalue weighted by atomic mass is 10.1. The second kappa shape index (κ2) is 7.26. The largest absolute Gasteiger partial charge is 0.390 e. The van der Waals surface area contributed by atoms with E-state index < -0.39 is 6.10 Å². The molecule has 1 rings (SSSR count). The van der Waals surface area contributed by atoms with Gasteiger partial charge in [-0.05, 0) is 43.1 Å². The van der Waals surface area contributed by atoms with Gasteiger partial charge in [0.2, 0.25) is 0 Å². The van der Waals surface area contributed by atoms with E-state index in [9.17, 15) is 5.11 Å². The van der Waals surface area contributed by atoms with Gasteiger partial charge in [-0.3, -0.25) is 4.68 Å². The normalized spacial score (nSPS) is 14.8. The Kier molecular flexibility index (Phi) is 6.32. The zero-order valence-corrected chi connectivity index (χ0v) is 13.2. The number of halogens is 1. The number of nitrogens with zero attached hydrogens (tertiary/aromatic N) is 2. The fraction of sp³-hybridized carbons (Fsp3) is 0.769. The lowest BCUT2D eigenvalue weighted by Crippen LogP contribution is -2.29. The third kappa shape index (κ3) is 3.56. The molecular weight excluding hydrogens is 296 g/mol. The van der Waals surface area contributed by atoms with Crippen LogP contribution in [0.25, 0.3) is 0 Å². The summed E-state index contributed by atoms with van der Waals surface area (Å²) < 4.78 is 8.40. The number of hydrogen-bond acceptors (Lipinski definition) is 3. The van der Waals surface area contributed by atoms with Gasteiger partial charge >= 0.3 is 0 Å². The molecule has 5 heteroatoms. The predicted octanol–water partition coefficient (Wildman–Crippen LogP) is 2.56. The van der Waals surface area contributed by atoms with Gasteiger partial charge in [-0.1, -0.05) is 6.92 Å². The van der Waals surface area contributed by atoms with Crippen LogP contribution in [-0.2, 0) is 24.1 Å². The minimum absolute atomic E-state index is 0.160. The molecule has 0 fully saturated rings. The Morgan fingerprint density at radius 3 is 2.56 bits per heavy atom. The number of ether oxygens (including phenoxy) is 1. The molecule has 0 amide bonds. The van der Waals surface area contributed by atoms with Crippen LogP contribution in [0.5, 0.6) is 0 Å². The molecule has 18 heavy (non-hydrogen) atoms. The highest BCUT2D eigenvalue weighted by atomic mass is 79.9. The first-order valence-corrected chi connectivity index (χ1v) is 7.38. The first kappa shape index (κ1) is 15.7. The minimum atomic E-state index is -0.507. The van der Waals surface area contributed by atoms with E-state index in [-0.39, 0.29) is 6.10 Å². The van der Waals surface area contributed by atoms with Gasteiger partial charge < -0.3 is 9.84 Å². The van der Waals surface area contributed by atoms with E-state index in [4.69, 9.17) is 4.74 Å². The SMILES string of the molecule is CCOC(C)C(O)Cc1c(Br)c(CC)nn1CC. The van der Waals surface area contributed by atoms with E-state index in [1.807, 2.05) is 18.5 Å². The average Bonchev–Trinajstić information content (AvgIpc) is 2.66. The first-order valence-electron chi connectivity index (χ1n) is 6.58. The summed E-state index contributed by atoms with van der Waals surface area (Å²) in [5, 5.41) is 14.7. The Morgan fingerprint density at radius 1 is 1.39 bits per heavy atom. The van der Waals surface area contributed by atoms with Gasteiger partial charge in [0, 0.05) is 19.6 Å². The van der Waals surface area contributed by atoms with Crippen LogP contribution in [0.15, 0.2) is 4.47 Å². The fourth-order valence-electron chi connectivity index (χ4n) is 1.95. The zero-order valence-electron chi connectivity index (χ0n) is 11.6. The number of rotatable bonds is 7. The predicted molar refractivity (Wildman–Crippen MR) is 75.8 cm³/mol. The molecule has 4 nitrogen and oxygen atoms in total. The van der Waals surface area contributed by atoms with Gasteiger partial charge in [0.1, 0.15) is 0 Å². The molecule has 0 radical (unpaired) electrons. The van der Waals surface area contributed by atoms with Crippen molar-refractivity contribution < 1.29 is 9.84 Å². The van der Waals surface area contributed by atoms with Crippen molar-refractivity contribution in [1.82, 2.24) is 9.78 Å². The Bertz CT molecular complexity index is 379. The molecule has 0 aliphatic carbocycles. The van der Waals surface area contributed by atoms with Gasteiger partial charge in [-0.15, -0.1) is 0 Å². The quantitative estimate of drug-likeness (QED) is 0.840. The van der Waals surface area contributed by atoms with E-state index in [0.29, 0.717) is 13.0 Å². The summed E-state index contributed by atoms with van der Waals surface area (Å²) in [5.41, 5.74) is 2.09. The van der Waals surface area contributed by atoms with Crippen molar-refractivity contribution in [2.24, 2.45) is 0 Å². The minimum Gasteiger partial charge on any atom is -0.390 e. The third-order valence-electron chi connectivity index (χ3n) is 3.07. The van der Waals surface area contributed by atoms with Crippen molar-refractivity contribution in [2.75, 3.05) is 6.61 Å². The molecule has 0 saturated heterocycles. The molecule has 0 aliphatic heterocycles. The lowest BCUT2D eigenvalue weighted by molar-refractivity contribution is -0.0216. The van der Waals surface area contributed by atoms with Crippen molar-refractivity contribution in [2.45, 2.75) is 59.3 Å². The van der Waals surface area contributed by atoms with Gasteiger partial charge in [0.15, 0.2) is 0 Å². The first-order chi connectivity index (χ1) is 8.54. The highest BCUT2D eigenvalue weighted by molar-refractivity contribution is 9.10. The van der Waals surface area contributed by atoms with Crippen LogP contribution >= 0.6 is 15.9 Å². The number of aryl methyl sites for hydroxylation is 2. The summed E-state index contributed by atoms with van der Waals surface area (Å²) in [7, 11) is 0. The maximum atomic E-state index is 10.1. The van der Waals surface area contributed by atoms with Gasteiger partial charge in [-0.2, -0.15) is 5.10 Å². The number of aliphatic hydroxyl groups excluding tert-OH is 1. The van der Waals surface area contributed by atoms with E-state index in [1.165, 1.54) is 0 Å². The van der Waals surface area contributed by atoms with E-state index in [1.54, 1.807) is 0 Å². The van der Waals surface area contributed by atoms with Crippen LogP contribution in [0, 0.1) is 0 Å². The molecule has 1 N–H and O–H groups in total. The second-order valence-corrected chi connectivity index (χ2v) is 5.10. The van der Waals surface area contributed by atoms with Crippen molar-refractivity contribution in [3.63, 3.8) is 0 Å². The maximum absolute atomic E-state index is 10.1. The van der Waals surface area contributed by atoms with E-state index >= 15 is 0 Å². The molecule has 0 aromatic carbocycles. The molecular formula is C13H23BrN2O2. The van der Waals surface area contributed by atoms with Crippen LogP contribution in [0.4, 0.5) is 0 Å². The Morgan fingerprint density at radius 2 is 2.06 bits per heavy atom. The molecule has 1 heterocycles. The summed E-state index contributed by atoms with van der Waals surface area (Å²) in [4.78, 5) is 0. The zero-order chi connectivity index (χ0) is 13.7. The fourth-order valence-corrected chi connectivity index (χ4v) is 2.68. The van der Waals surface area contributed by atoms with E-state index in [2.05, 4.69) is 34.9 Å². The Balaban J connectivity index is 2.85. The smallest absolute Gasteiger partial charge is 0.0854 e. The van der Waals surface area contributed by atoms with Crippen LogP contribution in [0.1, 0.15) is 39.1 Å². The van der Waals surface area contributed by atoms with Crippen LogP contribution in [-0.4, -0.2) is 33.7 Å². The van der Waals surface area contributed by atoms with Crippen molar-refractivity contribution in [3.8, 4) is 0 Å². The number of aromatic nitrogens is 2.